The van der Waals surface area contributed by atoms with Crippen molar-refractivity contribution in [2.75, 3.05) is 0 Å². The number of rotatable bonds is 2. The number of imide groups is 1. The molecule has 2 amide bonds. The zero-order valence-electron chi connectivity index (χ0n) is 9.70. The van der Waals surface area contributed by atoms with E-state index in [0.29, 0.717) is 6.42 Å². The van der Waals surface area contributed by atoms with Crippen molar-refractivity contribution in [2.24, 2.45) is 23.7 Å². The molecule has 10 heteroatoms. The van der Waals surface area contributed by atoms with Gasteiger partial charge in [0.1, 0.15) is 0 Å². The first-order chi connectivity index (χ1) is 9.13. The Labute approximate surface area is 111 Å². The normalized spacial score (nSPS) is 36.0. The quantitative estimate of drug-likeness (QED) is 0.423. The summed E-state index contributed by atoms with van der Waals surface area (Å²) in [6.07, 6.45) is 4.02. The molecule has 1 aliphatic heterocycles. The van der Waals surface area contributed by atoms with Crippen molar-refractivity contribution in [3.8, 4) is 0 Å². The van der Waals surface area contributed by atoms with Crippen LogP contribution in [0.25, 0.3) is 0 Å². The fourth-order valence-corrected chi connectivity index (χ4v) is 3.52. The summed E-state index contributed by atoms with van der Waals surface area (Å²) in [7, 11) is -6.03. The number of carbonyl (C=O) groups excluding carboxylic acids is 2. The van der Waals surface area contributed by atoms with Gasteiger partial charge in [-0.1, -0.05) is 12.2 Å². The SMILES string of the molecule is O=C1C2C3C=C[C@H](C3)[C@@H]2C(=O)N1OS(=O)(=O)C(F)(F)F. The van der Waals surface area contributed by atoms with Crippen LogP contribution in [0.3, 0.4) is 0 Å². The van der Waals surface area contributed by atoms with E-state index in [1.165, 1.54) is 0 Å². The highest BCUT2D eigenvalue weighted by Crippen LogP contribution is 2.52. The third-order valence-corrected chi connectivity index (χ3v) is 4.80. The topological polar surface area (TPSA) is 80.8 Å². The molecule has 0 aromatic heterocycles. The third-order valence-electron chi connectivity index (χ3n) is 3.89. The maximum absolute atomic E-state index is 12.2. The lowest BCUT2D eigenvalue weighted by Crippen LogP contribution is -2.39. The lowest BCUT2D eigenvalue weighted by atomic mass is 9.85. The van der Waals surface area contributed by atoms with Crippen LogP contribution in [-0.2, 0) is 24.0 Å². The smallest absolute Gasteiger partial charge is 0.272 e. The van der Waals surface area contributed by atoms with E-state index in [4.69, 9.17) is 0 Å². The zero-order chi connectivity index (χ0) is 14.9. The molecule has 0 radical (unpaired) electrons. The van der Waals surface area contributed by atoms with Gasteiger partial charge in [-0.05, 0) is 18.3 Å². The van der Waals surface area contributed by atoms with Gasteiger partial charge in [-0.25, -0.2) is 0 Å². The molecular weight excluding hydrogens is 303 g/mol. The molecule has 3 aliphatic rings. The van der Waals surface area contributed by atoms with Crippen LogP contribution in [0.4, 0.5) is 13.2 Å². The number of amides is 2. The van der Waals surface area contributed by atoms with E-state index in [1.54, 1.807) is 12.2 Å². The molecule has 1 saturated heterocycles. The van der Waals surface area contributed by atoms with Crippen molar-refractivity contribution in [1.82, 2.24) is 5.06 Å². The van der Waals surface area contributed by atoms with Gasteiger partial charge in [0.25, 0.3) is 11.8 Å². The van der Waals surface area contributed by atoms with E-state index < -0.39 is 39.3 Å². The van der Waals surface area contributed by atoms with Gasteiger partial charge in [0.15, 0.2) is 0 Å². The van der Waals surface area contributed by atoms with Crippen LogP contribution in [0.5, 0.6) is 0 Å². The van der Waals surface area contributed by atoms with E-state index in [9.17, 15) is 31.2 Å². The number of hydrogen-bond acceptors (Lipinski definition) is 5. The Hall–Kier alpha value is -1.42. The average Bonchev–Trinajstić information content (AvgIpc) is 2.97. The van der Waals surface area contributed by atoms with Crippen LogP contribution in [0.2, 0.25) is 0 Å². The van der Waals surface area contributed by atoms with Crippen molar-refractivity contribution >= 4 is 21.9 Å². The molecule has 20 heavy (non-hydrogen) atoms. The number of allylic oxidation sites excluding steroid dienone is 2. The summed E-state index contributed by atoms with van der Waals surface area (Å²) in [4.78, 5) is 23.8. The van der Waals surface area contributed by atoms with Crippen molar-refractivity contribution < 1.29 is 35.5 Å². The number of hydroxylamine groups is 2. The lowest BCUT2D eigenvalue weighted by molar-refractivity contribution is -0.169. The van der Waals surface area contributed by atoms with Crippen LogP contribution in [0, 0.1) is 23.7 Å². The number of halogens is 3. The molecule has 6 nitrogen and oxygen atoms in total. The summed E-state index contributed by atoms with van der Waals surface area (Å²) in [6.45, 7) is 0. The maximum Gasteiger partial charge on any atom is 0.525 e. The molecule has 0 N–H and O–H groups in total. The standard InChI is InChI=1S/C10H8F3NO5S/c11-10(12,13)20(17,18)19-14-8(15)6-4-1-2-5(3-4)7(6)9(14)16/h1-2,4-7H,3H2/t4-,5?,6+,7?/m1/s1. The van der Waals surface area contributed by atoms with Crippen molar-refractivity contribution in [3.05, 3.63) is 12.2 Å². The summed E-state index contributed by atoms with van der Waals surface area (Å²) in [6, 6.07) is 0. The highest BCUT2D eigenvalue weighted by atomic mass is 32.2. The molecule has 2 fully saturated rings. The van der Waals surface area contributed by atoms with Crippen molar-refractivity contribution in [2.45, 2.75) is 11.9 Å². The maximum atomic E-state index is 12.2. The number of carbonyl (C=O) groups is 2. The van der Waals surface area contributed by atoms with E-state index in [1.807, 2.05) is 0 Å². The summed E-state index contributed by atoms with van der Waals surface area (Å²) in [5.41, 5.74) is -5.69. The Morgan fingerprint density at radius 3 is 1.95 bits per heavy atom. The van der Waals surface area contributed by atoms with Crippen molar-refractivity contribution in [3.63, 3.8) is 0 Å². The first-order valence-electron chi connectivity index (χ1n) is 5.70. The van der Waals surface area contributed by atoms with E-state index >= 15 is 0 Å². The van der Waals surface area contributed by atoms with E-state index in [2.05, 4.69) is 4.28 Å². The van der Waals surface area contributed by atoms with E-state index in [0.717, 1.165) is 0 Å². The Morgan fingerprint density at radius 2 is 1.55 bits per heavy atom. The molecule has 2 aliphatic carbocycles. The van der Waals surface area contributed by atoms with Gasteiger partial charge in [0, 0.05) is 0 Å². The van der Waals surface area contributed by atoms with Gasteiger partial charge in [-0.15, -0.1) is 9.35 Å². The second-order valence-corrected chi connectivity index (χ2v) is 6.47. The van der Waals surface area contributed by atoms with Crippen molar-refractivity contribution in [1.29, 1.82) is 0 Å². The predicted octanol–water partition coefficient (Wildman–Crippen LogP) is 0.575. The number of alkyl halides is 3. The van der Waals surface area contributed by atoms with Gasteiger partial charge < -0.3 is 0 Å². The second kappa shape index (κ2) is 3.82. The highest BCUT2D eigenvalue weighted by Gasteiger charge is 2.62. The average molecular weight is 311 g/mol. The summed E-state index contributed by atoms with van der Waals surface area (Å²) in [5, 5.41) is -0.246. The largest absolute Gasteiger partial charge is 0.525 e. The highest BCUT2D eigenvalue weighted by molar-refractivity contribution is 7.87. The Kier molecular flexibility index (Phi) is 2.59. The second-order valence-electron chi connectivity index (χ2n) is 4.95. The van der Waals surface area contributed by atoms with Gasteiger partial charge in [-0.3, -0.25) is 9.59 Å². The predicted molar refractivity (Wildman–Crippen MR) is 55.6 cm³/mol. The molecule has 110 valence electrons. The number of nitrogens with zero attached hydrogens (tertiary/aromatic N) is 1. The molecule has 0 aromatic carbocycles. The van der Waals surface area contributed by atoms with Crippen LogP contribution in [0.15, 0.2) is 12.2 Å². The molecule has 0 aromatic rings. The lowest BCUT2D eigenvalue weighted by Gasteiger charge is -2.16. The minimum Gasteiger partial charge on any atom is -0.272 e. The fraction of sp³-hybridized carbons (Fsp3) is 0.600. The number of hydrogen-bond donors (Lipinski definition) is 0. The molecule has 3 rings (SSSR count). The monoisotopic (exact) mass is 311 g/mol. The van der Waals surface area contributed by atoms with Crippen LogP contribution >= 0.6 is 0 Å². The Morgan fingerprint density at radius 1 is 1.10 bits per heavy atom. The molecular formula is C10H8F3NO5S. The van der Waals surface area contributed by atoms with Crippen LogP contribution < -0.4 is 0 Å². The summed E-state index contributed by atoms with van der Waals surface area (Å²) < 4.78 is 62.1. The van der Waals surface area contributed by atoms with Crippen LogP contribution in [0.1, 0.15) is 6.42 Å². The molecule has 2 bridgehead atoms. The summed E-state index contributed by atoms with van der Waals surface area (Å²) in [5.74, 6) is -4.18. The zero-order valence-corrected chi connectivity index (χ0v) is 10.5. The first-order valence-corrected chi connectivity index (χ1v) is 7.11. The van der Waals surface area contributed by atoms with Crippen LogP contribution in [-0.4, -0.2) is 30.8 Å². The van der Waals surface area contributed by atoms with Gasteiger partial charge in [0.05, 0.1) is 11.8 Å². The van der Waals surface area contributed by atoms with Gasteiger partial charge in [-0.2, -0.15) is 21.6 Å². The van der Waals surface area contributed by atoms with E-state index in [-0.39, 0.29) is 16.9 Å². The molecule has 0 spiro atoms. The summed E-state index contributed by atoms with van der Waals surface area (Å²) >= 11 is 0. The minimum atomic E-state index is -6.03. The van der Waals surface area contributed by atoms with Gasteiger partial charge in [0.2, 0.25) is 0 Å². The minimum absolute atomic E-state index is 0.246. The molecule has 1 heterocycles. The third kappa shape index (κ3) is 1.64. The Balaban J connectivity index is 1.88. The fourth-order valence-electron chi connectivity index (χ4n) is 3.09. The first kappa shape index (κ1) is 13.6. The number of fused-ring (bicyclic) bond motifs is 5. The molecule has 4 atom stereocenters. The molecule has 2 unspecified atom stereocenters. The van der Waals surface area contributed by atoms with Gasteiger partial charge >= 0.3 is 15.6 Å². The molecule has 1 saturated carbocycles. The Bertz CT molecular complexity index is 595.